The molecule has 0 saturated carbocycles. The second-order valence-electron chi connectivity index (χ2n) is 8.52. The third-order valence-corrected chi connectivity index (χ3v) is 6.22. The van der Waals surface area contributed by atoms with Crippen molar-refractivity contribution in [3.63, 3.8) is 0 Å². The van der Waals surface area contributed by atoms with E-state index >= 15 is 0 Å². The zero-order valence-corrected chi connectivity index (χ0v) is 21.5. The van der Waals surface area contributed by atoms with Crippen LogP contribution in [-0.4, -0.2) is 27.1 Å². The fraction of sp³-hybridized carbons (Fsp3) is 0.321. The second-order valence-corrected chi connectivity index (χ2v) is 9.90. The summed E-state index contributed by atoms with van der Waals surface area (Å²) < 4.78 is 33.4. The zero-order chi connectivity index (χ0) is 25.0. The lowest BCUT2D eigenvalue weighted by atomic mass is 10.1. The molecule has 0 aliphatic rings. The molecule has 0 bridgehead atoms. The monoisotopic (exact) mass is 480 g/mol. The smallest absolute Gasteiger partial charge is 0.169 e. The molecule has 34 heavy (non-hydrogen) atoms. The van der Waals surface area contributed by atoms with Crippen LogP contribution in [-0.2, 0) is 16.7 Å². The summed E-state index contributed by atoms with van der Waals surface area (Å²) >= 11 is 0. The maximum absolute atomic E-state index is 10.4. The van der Waals surface area contributed by atoms with Crippen molar-refractivity contribution in [3.8, 4) is 0 Å². The first-order chi connectivity index (χ1) is 16.2. The Morgan fingerprint density at radius 1 is 0.824 bits per heavy atom. The molecule has 0 unspecified atom stereocenters. The highest BCUT2D eigenvalue weighted by molar-refractivity contribution is 7.85. The van der Waals surface area contributed by atoms with Crippen LogP contribution < -0.4 is 9.47 Å². The van der Waals surface area contributed by atoms with Gasteiger partial charge in [-0.15, -0.1) is 0 Å². The van der Waals surface area contributed by atoms with E-state index in [4.69, 9.17) is 0 Å². The number of hydrogen-bond donors (Lipinski definition) is 0. The van der Waals surface area contributed by atoms with Gasteiger partial charge >= 0.3 is 0 Å². The fourth-order valence-electron chi connectivity index (χ4n) is 3.23. The Morgan fingerprint density at radius 2 is 1.38 bits per heavy atom. The van der Waals surface area contributed by atoms with Crippen LogP contribution in [0.1, 0.15) is 49.3 Å². The van der Waals surface area contributed by atoms with Gasteiger partial charge in [-0.2, -0.15) is 0 Å². The van der Waals surface area contributed by atoms with E-state index < -0.39 is 10.1 Å². The summed E-state index contributed by atoms with van der Waals surface area (Å²) in [5.74, 6) is 0. The highest BCUT2D eigenvalue weighted by Crippen LogP contribution is 2.14. The van der Waals surface area contributed by atoms with E-state index in [0.29, 0.717) is 0 Å². The summed E-state index contributed by atoms with van der Waals surface area (Å²) in [4.78, 5) is 1.94. The van der Waals surface area contributed by atoms with E-state index in [1.54, 1.807) is 12.1 Å². The van der Waals surface area contributed by atoms with Crippen molar-refractivity contribution in [1.29, 1.82) is 0 Å². The van der Waals surface area contributed by atoms with Gasteiger partial charge in [0.15, 0.2) is 12.4 Å². The minimum Gasteiger partial charge on any atom is -0.744 e. The van der Waals surface area contributed by atoms with E-state index in [1.165, 1.54) is 54.6 Å². The van der Waals surface area contributed by atoms with Crippen molar-refractivity contribution in [1.82, 2.24) is 0 Å². The Hall–Kier alpha value is -2.96. The third kappa shape index (κ3) is 9.89. The van der Waals surface area contributed by atoms with E-state index in [2.05, 4.69) is 91.4 Å². The number of aromatic nitrogens is 1. The Balaban J connectivity index is 0.000000310. The summed E-state index contributed by atoms with van der Waals surface area (Å²) in [5, 5.41) is 0. The molecule has 0 N–H and O–H groups in total. The summed E-state index contributed by atoms with van der Waals surface area (Å²) in [5.41, 5.74) is 4.63. The standard InChI is InChI=1S/C21H29N2.C7H8O3S/c1-4-5-6-7-16-23-17-14-20(15-18-23)9-8-19-10-12-21(13-11-19)22(2)3;1-6-2-4-7(5-3-6)11(8,9)10/h8-15,17-18H,4-7,16H2,1-3H3;2-5H,1H3,(H,8,9,10)/q+1;/p-1. The topological polar surface area (TPSA) is 64.3 Å². The largest absolute Gasteiger partial charge is 0.744 e. The summed E-state index contributed by atoms with van der Waals surface area (Å²) in [6.07, 6.45) is 13.9. The molecule has 5 nitrogen and oxygen atoms in total. The molecule has 1 aromatic heterocycles. The lowest BCUT2D eigenvalue weighted by molar-refractivity contribution is -0.697. The van der Waals surface area contributed by atoms with Gasteiger partial charge in [-0.05, 0) is 48.7 Å². The SMILES string of the molecule is CCCCCC[n+]1ccc(C=Cc2ccc(N(C)C)cc2)cc1.Cc1ccc(S(=O)(=O)[O-])cc1. The Labute approximate surface area is 205 Å². The Morgan fingerprint density at radius 3 is 1.88 bits per heavy atom. The molecule has 3 aromatic rings. The van der Waals surface area contributed by atoms with Crippen LogP contribution in [0.4, 0.5) is 5.69 Å². The van der Waals surface area contributed by atoms with E-state index in [9.17, 15) is 13.0 Å². The molecule has 2 aromatic carbocycles. The number of unbranched alkanes of at least 4 members (excludes halogenated alkanes) is 3. The normalized spacial score (nSPS) is 11.2. The number of pyridine rings is 1. The van der Waals surface area contributed by atoms with Gasteiger partial charge in [-0.1, -0.05) is 61.7 Å². The first-order valence-corrected chi connectivity index (χ1v) is 13.1. The molecule has 0 aliphatic heterocycles. The molecular weight excluding hydrogens is 444 g/mol. The molecule has 0 saturated heterocycles. The Kier molecular flexibility index (Phi) is 11.0. The number of benzene rings is 2. The van der Waals surface area contributed by atoms with Crippen LogP contribution in [0.5, 0.6) is 0 Å². The molecule has 3 rings (SSSR count). The maximum Gasteiger partial charge on any atom is 0.169 e. The second kappa shape index (κ2) is 13.7. The predicted octanol–water partition coefficient (Wildman–Crippen LogP) is 5.69. The molecule has 182 valence electrons. The fourth-order valence-corrected chi connectivity index (χ4v) is 3.70. The number of rotatable bonds is 9. The highest BCUT2D eigenvalue weighted by Gasteiger charge is 2.00. The van der Waals surface area contributed by atoms with Gasteiger partial charge in [0.1, 0.15) is 16.7 Å². The van der Waals surface area contributed by atoms with Crippen molar-refractivity contribution in [2.45, 2.75) is 51.0 Å². The van der Waals surface area contributed by atoms with Gasteiger partial charge in [0.25, 0.3) is 0 Å². The van der Waals surface area contributed by atoms with Crippen molar-refractivity contribution >= 4 is 28.0 Å². The predicted molar refractivity (Wildman–Crippen MR) is 140 cm³/mol. The van der Waals surface area contributed by atoms with Gasteiger partial charge in [-0.3, -0.25) is 0 Å². The van der Waals surface area contributed by atoms with Gasteiger partial charge in [0, 0.05) is 38.3 Å². The minimum absolute atomic E-state index is 0.178. The molecule has 0 aliphatic carbocycles. The zero-order valence-electron chi connectivity index (χ0n) is 20.6. The third-order valence-electron chi connectivity index (χ3n) is 5.37. The van der Waals surface area contributed by atoms with Gasteiger partial charge < -0.3 is 9.45 Å². The molecule has 0 spiro atoms. The van der Waals surface area contributed by atoms with Gasteiger partial charge in [0.2, 0.25) is 0 Å². The van der Waals surface area contributed by atoms with E-state index in [-0.39, 0.29) is 4.90 Å². The van der Waals surface area contributed by atoms with Crippen LogP contribution in [0.25, 0.3) is 12.2 Å². The van der Waals surface area contributed by atoms with Crippen LogP contribution in [0, 0.1) is 6.92 Å². The molecule has 0 atom stereocenters. The first-order valence-electron chi connectivity index (χ1n) is 11.7. The average molecular weight is 481 g/mol. The van der Waals surface area contributed by atoms with Gasteiger partial charge in [-0.25, -0.2) is 13.0 Å². The number of nitrogens with zero attached hydrogens (tertiary/aromatic N) is 2. The lowest BCUT2D eigenvalue weighted by Gasteiger charge is -2.11. The molecule has 0 amide bonds. The molecule has 0 fully saturated rings. The molecule has 6 heteroatoms. The average Bonchev–Trinajstić information content (AvgIpc) is 2.82. The van der Waals surface area contributed by atoms with E-state index in [1.807, 2.05) is 6.92 Å². The Bertz CT molecular complexity index is 1120. The molecular formula is C28H36N2O3S. The lowest BCUT2D eigenvalue weighted by Crippen LogP contribution is -2.32. The number of aryl methyl sites for hydroxylation is 2. The van der Waals surface area contributed by atoms with Gasteiger partial charge in [0.05, 0.1) is 4.90 Å². The molecule has 0 radical (unpaired) electrons. The summed E-state index contributed by atoms with van der Waals surface area (Å²) in [6.45, 7) is 5.19. The van der Waals surface area contributed by atoms with E-state index in [0.717, 1.165) is 12.1 Å². The van der Waals surface area contributed by atoms with Crippen LogP contribution >= 0.6 is 0 Å². The highest BCUT2D eigenvalue weighted by atomic mass is 32.2. The van der Waals surface area contributed by atoms with Crippen LogP contribution in [0.15, 0.2) is 78.0 Å². The van der Waals surface area contributed by atoms with Crippen molar-refractivity contribution in [3.05, 3.63) is 89.7 Å². The summed E-state index contributed by atoms with van der Waals surface area (Å²) in [6, 6.07) is 18.8. The van der Waals surface area contributed by atoms with Crippen molar-refractivity contribution < 1.29 is 17.5 Å². The summed E-state index contributed by atoms with van der Waals surface area (Å²) in [7, 11) is -0.146. The molecule has 1 heterocycles. The minimum atomic E-state index is -4.27. The number of anilines is 1. The van der Waals surface area contributed by atoms with Crippen molar-refractivity contribution in [2.75, 3.05) is 19.0 Å². The quantitative estimate of drug-likeness (QED) is 0.224. The number of hydrogen-bond acceptors (Lipinski definition) is 4. The maximum atomic E-state index is 10.4. The van der Waals surface area contributed by atoms with Crippen LogP contribution in [0.2, 0.25) is 0 Å². The first kappa shape index (κ1) is 27.3. The van der Waals surface area contributed by atoms with Crippen molar-refractivity contribution in [2.24, 2.45) is 0 Å². The van der Waals surface area contributed by atoms with Crippen LogP contribution in [0.3, 0.4) is 0 Å².